The molecule has 30 heavy (non-hydrogen) atoms. The molecule has 2 atom stereocenters. The average Bonchev–Trinajstić information content (AvgIpc) is 3.40. The number of nitrogens with one attached hydrogen (secondary N) is 1. The lowest BCUT2D eigenvalue weighted by Crippen LogP contribution is -2.51. The quantitative estimate of drug-likeness (QED) is 0.661. The molecule has 1 aromatic rings. The molecule has 3 saturated heterocycles. The van der Waals surface area contributed by atoms with Crippen molar-refractivity contribution in [3.8, 4) is 6.07 Å². The standard InChI is InChI=1S/C18H23ClN6OS.3ClH/c19-15-7-13(9-20)10-22-17(15)24-3-1-23(2-4-24)14-8-16(21-11-14)18(26)25-5-6-27-12-25;;;/h7,10,14,16,21H,1-6,8,11-12H2;3*1H/t14-,16-;;;/m0.../s1. The first kappa shape index (κ1) is 27.4. The van der Waals surface area contributed by atoms with E-state index in [1.165, 1.54) is 0 Å². The number of thioether (sulfide) groups is 1. The Morgan fingerprint density at radius 3 is 2.57 bits per heavy atom. The Bertz CT molecular complexity index is 753. The number of piperazine rings is 1. The van der Waals surface area contributed by atoms with E-state index in [0.29, 0.717) is 16.6 Å². The van der Waals surface area contributed by atoms with Gasteiger partial charge >= 0.3 is 0 Å². The van der Waals surface area contributed by atoms with Crippen molar-refractivity contribution in [1.29, 1.82) is 5.26 Å². The van der Waals surface area contributed by atoms with E-state index >= 15 is 0 Å². The summed E-state index contributed by atoms with van der Waals surface area (Å²) in [6, 6.07) is 4.10. The molecule has 1 N–H and O–H groups in total. The number of rotatable bonds is 3. The number of halogens is 4. The predicted molar refractivity (Wildman–Crippen MR) is 129 cm³/mol. The van der Waals surface area contributed by atoms with Crippen LogP contribution in [0.25, 0.3) is 0 Å². The van der Waals surface area contributed by atoms with Gasteiger partial charge in [-0.05, 0) is 12.5 Å². The third-order valence-electron chi connectivity index (χ3n) is 5.55. The van der Waals surface area contributed by atoms with Crippen LogP contribution in [0.3, 0.4) is 0 Å². The van der Waals surface area contributed by atoms with Crippen LogP contribution in [0.4, 0.5) is 5.82 Å². The van der Waals surface area contributed by atoms with Crippen LogP contribution in [0.2, 0.25) is 5.02 Å². The van der Waals surface area contributed by atoms with Crippen molar-refractivity contribution in [3.63, 3.8) is 0 Å². The maximum absolute atomic E-state index is 12.6. The molecule has 168 valence electrons. The zero-order valence-corrected chi connectivity index (χ0v) is 20.4. The summed E-state index contributed by atoms with van der Waals surface area (Å²) in [5.74, 6) is 2.89. The molecule has 0 spiro atoms. The van der Waals surface area contributed by atoms with Crippen LogP contribution in [-0.4, -0.2) is 83.7 Å². The summed E-state index contributed by atoms with van der Waals surface area (Å²) in [6.07, 6.45) is 2.46. The number of nitrogens with zero attached hydrogens (tertiary/aromatic N) is 5. The number of carbonyl (C=O) groups is 1. The first-order valence-electron chi connectivity index (χ1n) is 9.30. The molecule has 0 bridgehead atoms. The Morgan fingerprint density at radius 1 is 1.23 bits per heavy atom. The Hall–Kier alpha value is -0.660. The SMILES string of the molecule is Cl.Cl.Cl.N#Cc1cnc(N2CCN([C@@H]3CN[C@H](C(=O)N4CCSC4)C3)CC2)c(Cl)c1. The van der Waals surface area contributed by atoms with E-state index in [0.717, 1.165) is 63.1 Å². The van der Waals surface area contributed by atoms with Gasteiger partial charge in [0.1, 0.15) is 11.9 Å². The minimum Gasteiger partial charge on any atom is -0.353 e. The minimum atomic E-state index is -0.0404. The molecule has 0 aliphatic carbocycles. The minimum absolute atomic E-state index is 0. The summed E-state index contributed by atoms with van der Waals surface area (Å²) >= 11 is 8.12. The van der Waals surface area contributed by atoms with Gasteiger partial charge in [0.25, 0.3) is 0 Å². The maximum atomic E-state index is 12.6. The van der Waals surface area contributed by atoms with Gasteiger partial charge in [-0.3, -0.25) is 9.69 Å². The van der Waals surface area contributed by atoms with Crippen LogP contribution in [0, 0.1) is 11.3 Å². The largest absolute Gasteiger partial charge is 0.353 e. The Morgan fingerprint density at radius 2 is 1.97 bits per heavy atom. The predicted octanol–water partition coefficient (Wildman–Crippen LogP) is 2.26. The van der Waals surface area contributed by atoms with Crippen molar-refractivity contribution in [1.82, 2.24) is 20.1 Å². The second kappa shape index (κ2) is 12.4. The summed E-state index contributed by atoms with van der Waals surface area (Å²) in [6.45, 7) is 5.28. The molecule has 3 aliphatic rings. The Balaban J connectivity index is 0.00000150. The fraction of sp³-hybridized carbons (Fsp3) is 0.611. The van der Waals surface area contributed by atoms with Gasteiger partial charge in [-0.25, -0.2) is 4.98 Å². The number of carbonyl (C=O) groups excluding carboxylic acids is 1. The van der Waals surface area contributed by atoms with Crippen molar-refractivity contribution in [2.24, 2.45) is 0 Å². The van der Waals surface area contributed by atoms with Gasteiger partial charge in [-0.1, -0.05) is 11.6 Å². The molecule has 4 heterocycles. The van der Waals surface area contributed by atoms with E-state index in [-0.39, 0.29) is 49.2 Å². The zero-order valence-electron chi connectivity index (χ0n) is 16.3. The van der Waals surface area contributed by atoms with Crippen molar-refractivity contribution >= 4 is 72.3 Å². The van der Waals surface area contributed by atoms with Crippen molar-refractivity contribution < 1.29 is 4.79 Å². The summed E-state index contributed by atoms with van der Waals surface area (Å²) in [5.41, 5.74) is 0.478. The van der Waals surface area contributed by atoms with Crippen molar-refractivity contribution in [2.45, 2.75) is 18.5 Å². The van der Waals surface area contributed by atoms with E-state index < -0.39 is 0 Å². The van der Waals surface area contributed by atoms with Gasteiger partial charge in [0, 0.05) is 57.3 Å². The van der Waals surface area contributed by atoms with E-state index in [9.17, 15) is 4.79 Å². The molecule has 0 unspecified atom stereocenters. The smallest absolute Gasteiger partial charge is 0.240 e. The number of pyridine rings is 1. The number of hydrogen-bond acceptors (Lipinski definition) is 7. The highest BCUT2D eigenvalue weighted by molar-refractivity contribution is 7.99. The van der Waals surface area contributed by atoms with E-state index in [1.54, 1.807) is 12.3 Å². The third kappa shape index (κ3) is 5.98. The topological polar surface area (TPSA) is 75.5 Å². The number of amides is 1. The molecular weight excluding hydrogens is 490 g/mol. The molecule has 3 fully saturated rings. The zero-order chi connectivity index (χ0) is 18.8. The van der Waals surface area contributed by atoms with Gasteiger partial charge < -0.3 is 15.1 Å². The van der Waals surface area contributed by atoms with Gasteiger partial charge in [-0.15, -0.1) is 49.0 Å². The Kier molecular flexibility index (Phi) is 11.3. The van der Waals surface area contributed by atoms with E-state index in [2.05, 4.69) is 26.2 Å². The molecule has 1 amide bonds. The highest BCUT2D eigenvalue weighted by atomic mass is 35.5. The van der Waals surface area contributed by atoms with Crippen molar-refractivity contribution in [3.05, 3.63) is 22.8 Å². The number of nitriles is 1. The van der Waals surface area contributed by atoms with Crippen LogP contribution < -0.4 is 10.2 Å². The van der Waals surface area contributed by atoms with Gasteiger partial charge in [0.2, 0.25) is 5.91 Å². The van der Waals surface area contributed by atoms with Gasteiger partial charge in [0.05, 0.1) is 22.5 Å². The monoisotopic (exact) mass is 514 g/mol. The third-order valence-corrected chi connectivity index (χ3v) is 6.79. The molecule has 1 aromatic heterocycles. The van der Waals surface area contributed by atoms with E-state index in [1.807, 2.05) is 16.7 Å². The average molecular weight is 516 g/mol. The van der Waals surface area contributed by atoms with Crippen LogP contribution in [0.15, 0.2) is 12.3 Å². The first-order chi connectivity index (χ1) is 13.2. The summed E-state index contributed by atoms with van der Waals surface area (Å²) in [7, 11) is 0. The lowest BCUT2D eigenvalue weighted by molar-refractivity contribution is -0.131. The molecule has 0 saturated carbocycles. The molecule has 12 heteroatoms. The lowest BCUT2D eigenvalue weighted by Gasteiger charge is -2.38. The van der Waals surface area contributed by atoms with Crippen LogP contribution in [0.1, 0.15) is 12.0 Å². The second-order valence-corrected chi connectivity index (χ2v) is 8.64. The number of hydrogen-bond donors (Lipinski definition) is 1. The maximum Gasteiger partial charge on any atom is 0.240 e. The molecule has 7 nitrogen and oxygen atoms in total. The number of aromatic nitrogens is 1. The Labute approximate surface area is 205 Å². The summed E-state index contributed by atoms with van der Waals surface area (Å²) in [4.78, 5) is 23.6. The van der Waals surface area contributed by atoms with Crippen LogP contribution in [0.5, 0.6) is 0 Å². The fourth-order valence-electron chi connectivity index (χ4n) is 4.01. The summed E-state index contributed by atoms with van der Waals surface area (Å²) < 4.78 is 0. The second-order valence-electron chi connectivity index (χ2n) is 7.15. The van der Waals surface area contributed by atoms with Crippen molar-refractivity contribution in [2.75, 3.05) is 55.8 Å². The van der Waals surface area contributed by atoms with Gasteiger partial charge in [-0.2, -0.15) is 5.26 Å². The van der Waals surface area contributed by atoms with E-state index in [4.69, 9.17) is 16.9 Å². The molecule has 0 aromatic carbocycles. The highest BCUT2D eigenvalue weighted by Crippen LogP contribution is 2.26. The molecule has 4 rings (SSSR count). The number of anilines is 1. The van der Waals surface area contributed by atoms with Crippen LogP contribution >= 0.6 is 60.6 Å². The molecular formula is C18H26Cl4N6OS. The molecule has 0 radical (unpaired) electrons. The fourth-order valence-corrected chi connectivity index (χ4v) is 5.26. The summed E-state index contributed by atoms with van der Waals surface area (Å²) in [5, 5.41) is 12.9. The molecule has 3 aliphatic heterocycles. The van der Waals surface area contributed by atoms with Gasteiger partial charge in [0.15, 0.2) is 0 Å². The first-order valence-corrected chi connectivity index (χ1v) is 10.8. The normalized spacial score (nSPS) is 23.7. The lowest BCUT2D eigenvalue weighted by atomic mass is 10.1. The van der Waals surface area contributed by atoms with Crippen LogP contribution in [-0.2, 0) is 4.79 Å². The highest BCUT2D eigenvalue weighted by Gasteiger charge is 2.36.